The Kier molecular flexibility index (Phi) is 5.16. The van der Waals surface area contributed by atoms with Crippen molar-refractivity contribution in [3.05, 3.63) is 39.8 Å². The minimum absolute atomic E-state index is 0.275. The molecule has 2 heterocycles. The number of nitrogens with zero attached hydrogens (tertiary/aromatic N) is 2. The van der Waals surface area contributed by atoms with Gasteiger partial charge >= 0.3 is 0 Å². The third-order valence-electron chi connectivity index (χ3n) is 3.37. The van der Waals surface area contributed by atoms with Crippen LogP contribution >= 0.6 is 11.3 Å². The number of nitrogens with one attached hydrogen (secondary N) is 1. The second-order valence-electron chi connectivity index (χ2n) is 4.62. The molecule has 0 aliphatic rings. The molecule has 0 fully saturated rings. The van der Waals surface area contributed by atoms with Crippen molar-refractivity contribution in [3.8, 4) is 0 Å². The van der Waals surface area contributed by atoms with Gasteiger partial charge in [-0.15, -0.1) is 11.3 Å². The second kappa shape index (κ2) is 6.87. The Balaban J connectivity index is 2.35. The summed E-state index contributed by atoms with van der Waals surface area (Å²) >= 11 is 1.85. The molecule has 1 atom stereocenters. The summed E-state index contributed by atoms with van der Waals surface area (Å²) in [5, 5.41) is 10.3. The third kappa shape index (κ3) is 3.07. The van der Waals surface area contributed by atoms with Crippen molar-refractivity contribution in [3.63, 3.8) is 0 Å². The van der Waals surface area contributed by atoms with E-state index in [9.17, 15) is 0 Å². The lowest BCUT2D eigenvalue weighted by Gasteiger charge is -2.20. The van der Waals surface area contributed by atoms with E-state index >= 15 is 0 Å². The number of hydrogen-bond donors (Lipinski definition) is 1. The molecular weight excluding hydrogens is 254 g/mol. The molecule has 0 aromatic carbocycles. The van der Waals surface area contributed by atoms with Gasteiger partial charge in [0.05, 0.1) is 11.7 Å². The molecule has 0 radical (unpaired) electrons. The summed E-state index contributed by atoms with van der Waals surface area (Å²) in [6.45, 7) is 8.51. The van der Waals surface area contributed by atoms with E-state index in [0.29, 0.717) is 0 Å². The van der Waals surface area contributed by atoms with Crippen molar-refractivity contribution in [2.75, 3.05) is 6.54 Å². The highest BCUT2D eigenvalue weighted by atomic mass is 32.1. The number of aromatic nitrogens is 2. The predicted molar refractivity (Wildman–Crippen MR) is 81.7 cm³/mol. The van der Waals surface area contributed by atoms with Crippen molar-refractivity contribution in [2.45, 2.75) is 46.2 Å². The van der Waals surface area contributed by atoms with Gasteiger partial charge < -0.3 is 5.32 Å². The minimum atomic E-state index is 0.275. The molecule has 19 heavy (non-hydrogen) atoms. The maximum Gasteiger partial charge on any atom is 0.0844 e. The van der Waals surface area contributed by atoms with Crippen LogP contribution in [0.5, 0.6) is 0 Å². The first-order valence-electron chi connectivity index (χ1n) is 7.13. The summed E-state index contributed by atoms with van der Waals surface area (Å²) in [6, 6.07) is 4.65. The fraction of sp³-hybridized carbons (Fsp3) is 0.533. The minimum Gasteiger partial charge on any atom is -0.304 e. The fourth-order valence-corrected chi connectivity index (χ4v) is 3.45. The highest BCUT2D eigenvalue weighted by Gasteiger charge is 2.20. The van der Waals surface area contributed by atoms with Gasteiger partial charge in [-0.1, -0.05) is 13.8 Å². The van der Waals surface area contributed by atoms with Gasteiger partial charge in [0.2, 0.25) is 0 Å². The number of rotatable bonds is 7. The van der Waals surface area contributed by atoms with Crippen LogP contribution < -0.4 is 5.32 Å². The summed E-state index contributed by atoms with van der Waals surface area (Å²) in [5.74, 6) is 0. The standard InChI is InChI=1S/C15H23N3S/c1-4-9-16-14(13-7-10-17-18(13)6-3)15-12(5-2)8-11-19-15/h7-8,10-11,14,16H,4-6,9H2,1-3H3. The first kappa shape index (κ1) is 14.3. The lowest BCUT2D eigenvalue weighted by Crippen LogP contribution is -2.25. The van der Waals surface area contributed by atoms with Crippen LogP contribution in [0.15, 0.2) is 23.7 Å². The lowest BCUT2D eigenvalue weighted by atomic mass is 10.1. The average molecular weight is 277 g/mol. The van der Waals surface area contributed by atoms with Crippen molar-refractivity contribution < 1.29 is 0 Å². The van der Waals surface area contributed by atoms with Crippen molar-refractivity contribution in [2.24, 2.45) is 0 Å². The van der Waals surface area contributed by atoms with Crippen molar-refractivity contribution >= 4 is 11.3 Å². The zero-order valence-corrected chi connectivity index (χ0v) is 12.8. The van der Waals surface area contributed by atoms with Crippen LogP contribution in [0.3, 0.4) is 0 Å². The smallest absolute Gasteiger partial charge is 0.0844 e. The fourth-order valence-electron chi connectivity index (χ4n) is 2.37. The summed E-state index contributed by atoms with van der Waals surface area (Å²) in [5.41, 5.74) is 2.72. The zero-order valence-electron chi connectivity index (χ0n) is 12.0. The van der Waals surface area contributed by atoms with Crippen LogP contribution in [0, 0.1) is 0 Å². The van der Waals surface area contributed by atoms with E-state index in [2.05, 4.69) is 53.4 Å². The van der Waals surface area contributed by atoms with Crippen molar-refractivity contribution in [1.29, 1.82) is 0 Å². The van der Waals surface area contributed by atoms with Crippen molar-refractivity contribution in [1.82, 2.24) is 15.1 Å². The normalized spacial score (nSPS) is 12.8. The Morgan fingerprint density at radius 3 is 2.84 bits per heavy atom. The molecule has 0 bridgehead atoms. The third-order valence-corrected chi connectivity index (χ3v) is 4.39. The quantitative estimate of drug-likeness (QED) is 0.838. The lowest BCUT2D eigenvalue weighted by molar-refractivity contribution is 0.532. The Morgan fingerprint density at radius 2 is 2.16 bits per heavy atom. The molecule has 4 heteroatoms. The van der Waals surface area contributed by atoms with Gasteiger partial charge in [0, 0.05) is 17.6 Å². The number of thiophene rings is 1. The van der Waals surface area contributed by atoms with E-state index in [1.165, 1.54) is 16.1 Å². The molecular formula is C15H23N3S. The van der Waals surface area contributed by atoms with Gasteiger partial charge in [0.25, 0.3) is 0 Å². The van der Waals surface area contributed by atoms with E-state index < -0.39 is 0 Å². The number of hydrogen-bond acceptors (Lipinski definition) is 3. The highest BCUT2D eigenvalue weighted by molar-refractivity contribution is 7.10. The van der Waals surface area contributed by atoms with E-state index in [1.807, 2.05) is 17.5 Å². The summed E-state index contributed by atoms with van der Waals surface area (Å²) in [4.78, 5) is 1.44. The van der Waals surface area contributed by atoms with Gasteiger partial charge in [-0.05, 0) is 49.4 Å². The summed E-state index contributed by atoms with van der Waals surface area (Å²) in [7, 11) is 0. The molecule has 2 aromatic heterocycles. The van der Waals surface area contributed by atoms with E-state index in [4.69, 9.17) is 0 Å². The van der Waals surface area contributed by atoms with Crippen LogP contribution in [-0.2, 0) is 13.0 Å². The van der Waals surface area contributed by atoms with Gasteiger partial charge in [0.15, 0.2) is 0 Å². The van der Waals surface area contributed by atoms with Crippen LogP contribution in [-0.4, -0.2) is 16.3 Å². The molecule has 0 aliphatic heterocycles. The molecule has 1 unspecified atom stereocenters. The maximum atomic E-state index is 4.41. The Bertz CT molecular complexity index is 459. The summed E-state index contributed by atoms with van der Waals surface area (Å²) in [6.07, 6.45) is 4.13. The molecule has 2 aromatic rings. The van der Waals surface area contributed by atoms with E-state index in [1.54, 1.807) is 0 Å². The molecule has 0 spiro atoms. The molecule has 1 N–H and O–H groups in total. The first-order valence-corrected chi connectivity index (χ1v) is 8.01. The van der Waals surface area contributed by atoms with E-state index in [0.717, 1.165) is 25.9 Å². The Morgan fingerprint density at radius 1 is 1.32 bits per heavy atom. The largest absolute Gasteiger partial charge is 0.304 e. The molecule has 104 valence electrons. The molecule has 0 aliphatic carbocycles. The van der Waals surface area contributed by atoms with Crippen LogP contribution in [0.1, 0.15) is 49.4 Å². The Labute approximate surface area is 119 Å². The monoisotopic (exact) mass is 277 g/mol. The van der Waals surface area contributed by atoms with Gasteiger partial charge in [-0.25, -0.2) is 0 Å². The first-order chi connectivity index (χ1) is 9.31. The topological polar surface area (TPSA) is 29.9 Å². The SMILES string of the molecule is CCCNC(c1sccc1CC)c1ccnn1CC. The molecule has 3 nitrogen and oxygen atoms in total. The molecule has 0 saturated heterocycles. The molecule has 2 rings (SSSR count). The van der Waals surface area contributed by atoms with Gasteiger partial charge in [-0.3, -0.25) is 4.68 Å². The number of aryl methyl sites for hydroxylation is 2. The van der Waals surface area contributed by atoms with Crippen LogP contribution in [0.25, 0.3) is 0 Å². The summed E-state index contributed by atoms with van der Waals surface area (Å²) < 4.78 is 2.09. The van der Waals surface area contributed by atoms with Crippen LogP contribution in [0.2, 0.25) is 0 Å². The Hall–Kier alpha value is -1.13. The average Bonchev–Trinajstić information content (AvgIpc) is 3.07. The highest BCUT2D eigenvalue weighted by Crippen LogP contribution is 2.30. The predicted octanol–water partition coefficient (Wildman–Crippen LogP) is 3.62. The molecule has 0 amide bonds. The second-order valence-corrected chi connectivity index (χ2v) is 5.57. The van der Waals surface area contributed by atoms with Gasteiger partial charge in [-0.2, -0.15) is 5.10 Å². The van der Waals surface area contributed by atoms with E-state index in [-0.39, 0.29) is 6.04 Å². The maximum absolute atomic E-state index is 4.41. The molecule has 0 saturated carbocycles. The van der Waals surface area contributed by atoms with Crippen LogP contribution in [0.4, 0.5) is 0 Å². The zero-order chi connectivity index (χ0) is 13.7. The van der Waals surface area contributed by atoms with Gasteiger partial charge in [0.1, 0.15) is 0 Å².